The number of rotatable bonds is 6. The Morgan fingerprint density at radius 3 is 2.00 bits per heavy atom. The van der Waals surface area contributed by atoms with E-state index in [2.05, 4.69) is 62.4 Å². The summed E-state index contributed by atoms with van der Waals surface area (Å²) in [6.07, 6.45) is 23.0. The van der Waals surface area contributed by atoms with E-state index in [4.69, 9.17) is 0 Å². The molecule has 0 unspecified atom stereocenters. The van der Waals surface area contributed by atoms with Crippen LogP contribution in [0.15, 0.2) is 48.6 Å². The van der Waals surface area contributed by atoms with Crippen LogP contribution in [0.3, 0.4) is 0 Å². The lowest BCUT2D eigenvalue weighted by Crippen LogP contribution is -2.25. The van der Waals surface area contributed by atoms with E-state index in [9.17, 15) is 0 Å². The van der Waals surface area contributed by atoms with Crippen molar-refractivity contribution in [2.24, 2.45) is 17.8 Å². The lowest BCUT2D eigenvalue weighted by atomic mass is 9.68. The average molecular weight is 351 g/mol. The van der Waals surface area contributed by atoms with Gasteiger partial charge in [-0.3, -0.25) is 0 Å². The van der Waals surface area contributed by atoms with Gasteiger partial charge in [-0.1, -0.05) is 61.9 Å². The van der Waals surface area contributed by atoms with Crippen molar-refractivity contribution < 1.29 is 0 Å². The van der Waals surface area contributed by atoms with E-state index in [0.29, 0.717) is 0 Å². The highest BCUT2D eigenvalue weighted by Crippen LogP contribution is 2.44. The standard InChI is InChI=1S/C26H38/c1-3-5-6-8-22-11-15-24(16-12-22)26-19-17-25(18-20-26)23-13-9-21(7-4-2)10-14-23/h3,5-6,8-10,13-14,22,24-26H,4,7,11-12,15-20H2,1-2H3/b5-3?,8-6+. The molecule has 0 spiro atoms. The van der Waals surface area contributed by atoms with Crippen molar-refractivity contribution in [3.63, 3.8) is 0 Å². The predicted molar refractivity (Wildman–Crippen MR) is 115 cm³/mol. The van der Waals surface area contributed by atoms with Gasteiger partial charge in [0.1, 0.15) is 0 Å². The molecule has 0 bridgehead atoms. The van der Waals surface area contributed by atoms with Crippen molar-refractivity contribution in [2.75, 3.05) is 0 Å². The molecule has 0 radical (unpaired) electrons. The van der Waals surface area contributed by atoms with Gasteiger partial charge in [0.15, 0.2) is 0 Å². The Kier molecular flexibility index (Phi) is 7.59. The minimum absolute atomic E-state index is 0.821. The van der Waals surface area contributed by atoms with E-state index < -0.39 is 0 Å². The van der Waals surface area contributed by atoms with Crippen molar-refractivity contribution in [1.29, 1.82) is 0 Å². The molecule has 0 aromatic heterocycles. The van der Waals surface area contributed by atoms with Crippen LogP contribution in [-0.2, 0) is 6.42 Å². The molecule has 0 heteroatoms. The fourth-order valence-corrected chi connectivity index (χ4v) is 5.31. The van der Waals surface area contributed by atoms with Crippen LogP contribution in [0.5, 0.6) is 0 Å². The summed E-state index contributed by atoms with van der Waals surface area (Å²) in [4.78, 5) is 0. The summed E-state index contributed by atoms with van der Waals surface area (Å²) in [6.45, 7) is 4.36. The molecular formula is C26H38. The molecule has 0 nitrogen and oxygen atoms in total. The molecule has 1 aromatic carbocycles. The third-order valence-corrected chi connectivity index (χ3v) is 6.93. The van der Waals surface area contributed by atoms with Crippen molar-refractivity contribution in [3.8, 4) is 0 Å². The summed E-state index contributed by atoms with van der Waals surface area (Å²) in [6, 6.07) is 9.57. The normalized spacial score (nSPS) is 30.2. The molecule has 26 heavy (non-hydrogen) atoms. The first kappa shape index (κ1) is 19.5. The van der Waals surface area contributed by atoms with E-state index in [0.717, 1.165) is 23.7 Å². The van der Waals surface area contributed by atoms with Crippen LogP contribution in [0.2, 0.25) is 0 Å². The molecule has 0 heterocycles. The van der Waals surface area contributed by atoms with Gasteiger partial charge in [-0.25, -0.2) is 0 Å². The summed E-state index contributed by atoms with van der Waals surface area (Å²) in [5.74, 6) is 3.67. The highest BCUT2D eigenvalue weighted by atomic mass is 14.4. The van der Waals surface area contributed by atoms with Gasteiger partial charge in [0, 0.05) is 0 Å². The highest BCUT2D eigenvalue weighted by molar-refractivity contribution is 5.26. The van der Waals surface area contributed by atoms with E-state index >= 15 is 0 Å². The zero-order valence-corrected chi connectivity index (χ0v) is 17.0. The third kappa shape index (κ3) is 5.35. The van der Waals surface area contributed by atoms with Crippen molar-refractivity contribution in [1.82, 2.24) is 0 Å². The average Bonchev–Trinajstić information content (AvgIpc) is 2.70. The Hall–Kier alpha value is -1.30. The second-order valence-corrected chi connectivity index (χ2v) is 8.69. The molecule has 2 aliphatic carbocycles. The smallest absolute Gasteiger partial charge is 0.0162 e. The zero-order valence-electron chi connectivity index (χ0n) is 17.0. The number of benzene rings is 1. The largest absolute Gasteiger partial charge is 0.0877 e. The van der Waals surface area contributed by atoms with Gasteiger partial charge >= 0.3 is 0 Å². The molecule has 2 saturated carbocycles. The minimum Gasteiger partial charge on any atom is -0.0877 e. The quantitative estimate of drug-likeness (QED) is 0.458. The van der Waals surface area contributed by atoms with Crippen LogP contribution in [-0.4, -0.2) is 0 Å². The van der Waals surface area contributed by atoms with Crippen molar-refractivity contribution >= 4 is 0 Å². The maximum atomic E-state index is 2.44. The molecule has 3 rings (SSSR count). The zero-order chi connectivity index (χ0) is 18.2. The van der Waals surface area contributed by atoms with Gasteiger partial charge < -0.3 is 0 Å². The summed E-state index contributed by atoms with van der Waals surface area (Å²) in [7, 11) is 0. The number of hydrogen-bond acceptors (Lipinski definition) is 0. The molecule has 2 aliphatic rings. The van der Waals surface area contributed by atoms with Crippen LogP contribution >= 0.6 is 0 Å². The highest BCUT2D eigenvalue weighted by Gasteiger charge is 2.30. The molecule has 0 atom stereocenters. The molecule has 0 saturated heterocycles. The lowest BCUT2D eigenvalue weighted by molar-refractivity contribution is 0.171. The third-order valence-electron chi connectivity index (χ3n) is 6.93. The molecule has 0 amide bonds. The minimum atomic E-state index is 0.821. The molecule has 0 aliphatic heterocycles. The topological polar surface area (TPSA) is 0 Å². The molecular weight excluding hydrogens is 312 g/mol. The van der Waals surface area contributed by atoms with Gasteiger partial charge in [-0.05, 0) is 99.5 Å². The number of allylic oxidation sites excluding steroid dienone is 4. The van der Waals surface area contributed by atoms with E-state index in [1.54, 1.807) is 5.56 Å². The SMILES string of the molecule is CC=C/C=C/C1CCC(C2CCC(c3ccc(CCC)cc3)CC2)CC1. The monoisotopic (exact) mass is 350 g/mol. The second kappa shape index (κ2) is 10.1. The van der Waals surface area contributed by atoms with Crippen LogP contribution in [0.1, 0.15) is 88.7 Å². The first-order valence-corrected chi connectivity index (χ1v) is 11.2. The molecule has 2 fully saturated rings. The summed E-state index contributed by atoms with van der Waals surface area (Å²) in [5, 5.41) is 0. The van der Waals surface area contributed by atoms with E-state index in [1.807, 2.05) is 0 Å². The lowest BCUT2D eigenvalue weighted by Gasteiger charge is -2.37. The Balaban J connectivity index is 1.44. The predicted octanol–water partition coefficient (Wildman–Crippen LogP) is 7.85. The van der Waals surface area contributed by atoms with Gasteiger partial charge in [0.05, 0.1) is 0 Å². The summed E-state index contributed by atoms with van der Waals surface area (Å²) in [5.41, 5.74) is 3.10. The maximum Gasteiger partial charge on any atom is -0.0162 e. The van der Waals surface area contributed by atoms with Gasteiger partial charge in [0.2, 0.25) is 0 Å². The molecule has 142 valence electrons. The Labute approximate surface area is 161 Å². The van der Waals surface area contributed by atoms with Crippen LogP contribution in [0.4, 0.5) is 0 Å². The first-order valence-electron chi connectivity index (χ1n) is 11.2. The molecule has 1 aromatic rings. The maximum absolute atomic E-state index is 2.44. The Morgan fingerprint density at radius 2 is 1.42 bits per heavy atom. The van der Waals surface area contributed by atoms with E-state index in [1.165, 1.54) is 69.8 Å². The fourth-order valence-electron chi connectivity index (χ4n) is 5.31. The molecule has 0 N–H and O–H groups in total. The van der Waals surface area contributed by atoms with Crippen molar-refractivity contribution in [3.05, 3.63) is 59.7 Å². The van der Waals surface area contributed by atoms with Crippen molar-refractivity contribution in [2.45, 2.75) is 84.0 Å². The Bertz CT molecular complexity index is 561. The second-order valence-electron chi connectivity index (χ2n) is 8.69. The number of aryl methyl sites for hydroxylation is 1. The van der Waals surface area contributed by atoms with Gasteiger partial charge in [0.25, 0.3) is 0 Å². The van der Waals surface area contributed by atoms with Crippen LogP contribution in [0.25, 0.3) is 0 Å². The van der Waals surface area contributed by atoms with Crippen LogP contribution < -0.4 is 0 Å². The van der Waals surface area contributed by atoms with E-state index in [-0.39, 0.29) is 0 Å². The number of hydrogen-bond donors (Lipinski definition) is 0. The van der Waals surface area contributed by atoms with Gasteiger partial charge in [-0.15, -0.1) is 0 Å². The summed E-state index contributed by atoms with van der Waals surface area (Å²) >= 11 is 0. The Morgan fingerprint density at radius 1 is 0.808 bits per heavy atom. The first-order chi connectivity index (χ1) is 12.8. The van der Waals surface area contributed by atoms with Gasteiger partial charge in [-0.2, -0.15) is 0 Å². The fraction of sp³-hybridized carbons (Fsp3) is 0.615. The van der Waals surface area contributed by atoms with Crippen LogP contribution in [0, 0.1) is 17.8 Å². The summed E-state index contributed by atoms with van der Waals surface area (Å²) < 4.78 is 0.